The maximum absolute atomic E-state index is 10.6. The van der Waals surface area contributed by atoms with Crippen LogP contribution in [0.1, 0.15) is 37.7 Å². The van der Waals surface area contributed by atoms with Crippen molar-refractivity contribution in [3.05, 3.63) is 22.2 Å². The van der Waals surface area contributed by atoms with Crippen LogP contribution >= 0.6 is 15.9 Å². The van der Waals surface area contributed by atoms with Crippen molar-refractivity contribution in [2.24, 2.45) is 5.41 Å². The smallest absolute Gasteiger partial charge is 0.175 e. The number of aldehydes is 1. The average molecular weight is 325 g/mol. The molecule has 1 saturated carbocycles. The van der Waals surface area contributed by atoms with Gasteiger partial charge in [0.2, 0.25) is 0 Å². The lowest BCUT2D eigenvalue weighted by Crippen LogP contribution is -2.17. The van der Waals surface area contributed by atoms with Gasteiger partial charge < -0.3 is 14.3 Å². The van der Waals surface area contributed by atoms with Crippen LogP contribution in [0.4, 0.5) is 0 Å². The molecule has 1 atom stereocenters. The predicted molar refractivity (Wildman–Crippen MR) is 75.9 cm³/mol. The van der Waals surface area contributed by atoms with Gasteiger partial charge in [-0.15, -0.1) is 0 Å². The topological polar surface area (TPSA) is 35.5 Å². The first-order chi connectivity index (χ1) is 9.13. The molecule has 2 aliphatic rings. The molecule has 0 radical (unpaired) electrons. The van der Waals surface area contributed by atoms with Crippen molar-refractivity contribution in [1.82, 2.24) is 0 Å². The molecule has 0 amide bonds. The third-order valence-electron chi connectivity index (χ3n) is 4.06. The second-order valence-electron chi connectivity index (χ2n) is 5.71. The van der Waals surface area contributed by atoms with Gasteiger partial charge in [0, 0.05) is 11.8 Å². The van der Waals surface area contributed by atoms with Crippen LogP contribution in [0.25, 0.3) is 0 Å². The fourth-order valence-corrected chi connectivity index (χ4v) is 2.94. The van der Waals surface area contributed by atoms with Gasteiger partial charge in [-0.2, -0.15) is 0 Å². The summed E-state index contributed by atoms with van der Waals surface area (Å²) >= 11 is 3.55. The quantitative estimate of drug-likeness (QED) is 0.795. The Hall–Kier alpha value is -1.03. The molecule has 1 aliphatic carbocycles. The molecule has 3 rings (SSSR count). The van der Waals surface area contributed by atoms with E-state index in [1.807, 2.05) is 19.1 Å². The molecule has 1 aliphatic heterocycles. The molecule has 1 aromatic carbocycles. The standard InChI is InChI=1S/C15H17BrO3/c1-10(2-5-17)11-6-12(16)14-13(7-11)18-8-15(3-4-15)9-19-14/h5-7,10H,2-4,8-9H2,1H3. The predicted octanol–water partition coefficient (Wildman–Crippen LogP) is 3.69. The van der Waals surface area contributed by atoms with E-state index >= 15 is 0 Å². The summed E-state index contributed by atoms with van der Waals surface area (Å²) in [7, 11) is 0. The Bertz CT molecular complexity index is 508. The van der Waals surface area contributed by atoms with Gasteiger partial charge in [0.1, 0.15) is 6.29 Å². The molecule has 1 spiro atoms. The van der Waals surface area contributed by atoms with Crippen LogP contribution in [0.3, 0.4) is 0 Å². The molecule has 19 heavy (non-hydrogen) atoms. The number of benzene rings is 1. The van der Waals surface area contributed by atoms with E-state index in [1.54, 1.807) is 0 Å². The third kappa shape index (κ3) is 2.50. The lowest BCUT2D eigenvalue weighted by Gasteiger charge is -2.14. The van der Waals surface area contributed by atoms with Crippen molar-refractivity contribution in [1.29, 1.82) is 0 Å². The van der Waals surface area contributed by atoms with E-state index < -0.39 is 0 Å². The third-order valence-corrected chi connectivity index (χ3v) is 4.65. The van der Waals surface area contributed by atoms with E-state index in [-0.39, 0.29) is 11.3 Å². The molecule has 4 heteroatoms. The van der Waals surface area contributed by atoms with Gasteiger partial charge >= 0.3 is 0 Å². The summed E-state index contributed by atoms with van der Waals surface area (Å²) in [6, 6.07) is 4.04. The number of carbonyl (C=O) groups is 1. The van der Waals surface area contributed by atoms with E-state index in [4.69, 9.17) is 9.47 Å². The molecule has 0 aromatic heterocycles. The second kappa shape index (κ2) is 4.82. The minimum absolute atomic E-state index is 0.195. The highest BCUT2D eigenvalue weighted by Gasteiger charge is 2.46. The van der Waals surface area contributed by atoms with Gasteiger partial charge in [-0.1, -0.05) is 6.92 Å². The Kier molecular flexibility index (Phi) is 3.29. The van der Waals surface area contributed by atoms with Crippen LogP contribution in [0.2, 0.25) is 0 Å². The number of ether oxygens (including phenoxy) is 2. The average Bonchev–Trinajstić information content (AvgIpc) is 3.18. The Morgan fingerprint density at radius 3 is 2.79 bits per heavy atom. The summed E-state index contributed by atoms with van der Waals surface area (Å²) in [4.78, 5) is 10.6. The molecule has 3 nitrogen and oxygen atoms in total. The summed E-state index contributed by atoms with van der Waals surface area (Å²) in [5, 5.41) is 0. The maximum Gasteiger partial charge on any atom is 0.175 e. The van der Waals surface area contributed by atoms with Gasteiger partial charge in [0.15, 0.2) is 11.5 Å². The zero-order chi connectivity index (χ0) is 13.5. The molecule has 0 bridgehead atoms. The number of hydrogen-bond acceptors (Lipinski definition) is 3. The normalized spacial score (nSPS) is 20.7. The van der Waals surface area contributed by atoms with Crippen molar-refractivity contribution in [2.45, 2.75) is 32.1 Å². The summed E-state index contributed by atoms with van der Waals surface area (Å²) in [6.45, 7) is 3.52. The van der Waals surface area contributed by atoms with Crippen LogP contribution in [0.5, 0.6) is 11.5 Å². The van der Waals surface area contributed by atoms with Crippen molar-refractivity contribution in [3.8, 4) is 11.5 Å². The van der Waals surface area contributed by atoms with Crippen LogP contribution in [0.15, 0.2) is 16.6 Å². The van der Waals surface area contributed by atoms with Crippen LogP contribution in [0, 0.1) is 5.41 Å². The lowest BCUT2D eigenvalue weighted by molar-refractivity contribution is -0.108. The first-order valence-corrected chi connectivity index (χ1v) is 7.45. The number of fused-ring (bicyclic) bond motifs is 1. The lowest BCUT2D eigenvalue weighted by atomic mass is 9.98. The number of rotatable bonds is 3. The number of hydrogen-bond donors (Lipinski definition) is 0. The fraction of sp³-hybridized carbons (Fsp3) is 0.533. The number of carbonyl (C=O) groups excluding carboxylic acids is 1. The Morgan fingerprint density at radius 2 is 2.11 bits per heavy atom. The van der Waals surface area contributed by atoms with Gasteiger partial charge in [0.05, 0.1) is 17.7 Å². The van der Waals surface area contributed by atoms with Gasteiger partial charge in [-0.3, -0.25) is 0 Å². The van der Waals surface area contributed by atoms with Gasteiger partial charge in [-0.25, -0.2) is 0 Å². The molecular formula is C15H17BrO3. The van der Waals surface area contributed by atoms with E-state index in [9.17, 15) is 4.79 Å². The molecule has 1 fully saturated rings. The van der Waals surface area contributed by atoms with Gasteiger partial charge in [0.25, 0.3) is 0 Å². The molecule has 1 unspecified atom stereocenters. The highest BCUT2D eigenvalue weighted by atomic mass is 79.9. The van der Waals surface area contributed by atoms with Crippen molar-refractivity contribution in [3.63, 3.8) is 0 Å². The summed E-state index contributed by atoms with van der Waals surface area (Å²) < 4.78 is 12.8. The fourth-order valence-electron chi connectivity index (χ4n) is 2.36. The second-order valence-corrected chi connectivity index (χ2v) is 6.57. The summed E-state index contributed by atoms with van der Waals surface area (Å²) in [5.41, 5.74) is 1.35. The highest BCUT2D eigenvalue weighted by Crippen LogP contribution is 2.50. The van der Waals surface area contributed by atoms with Crippen LogP contribution in [-0.2, 0) is 4.79 Å². The van der Waals surface area contributed by atoms with E-state index in [0.717, 1.165) is 41.0 Å². The van der Waals surface area contributed by atoms with Crippen LogP contribution < -0.4 is 9.47 Å². The first-order valence-electron chi connectivity index (χ1n) is 6.66. The van der Waals surface area contributed by atoms with Crippen LogP contribution in [-0.4, -0.2) is 19.5 Å². The summed E-state index contributed by atoms with van der Waals surface area (Å²) in [5.74, 6) is 1.79. The monoisotopic (exact) mass is 324 g/mol. The van der Waals surface area contributed by atoms with Crippen molar-refractivity contribution < 1.29 is 14.3 Å². The number of halogens is 1. The zero-order valence-corrected chi connectivity index (χ0v) is 12.5. The van der Waals surface area contributed by atoms with Gasteiger partial charge in [-0.05, 0) is 52.4 Å². The molecule has 1 heterocycles. The Balaban J connectivity index is 1.90. The molecular weight excluding hydrogens is 308 g/mol. The summed E-state index contributed by atoms with van der Waals surface area (Å²) in [6.07, 6.45) is 3.86. The molecule has 0 N–H and O–H groups in total. The van der Waals surface area contributed by atoms with E-state index in [0.29, 0.717) is 6.42 Å². The highest BCUT2D eigenvalue weighted by molar-refractivity contribution is 9.10. The molecule has 1 aromatic rings. The maximum atomic E-state index is 10.6. The molecule has 0 saturated heterocycles. The molecule has 102 valence electrons. The largest absolute Gasteiger partial charge is 0.489 e. The van der Waals surface area contributed by atoms with Crippen molar-refractivity contribution >= 4 is 22.2 Å². The Morgan fingerprint density at radius 1 is 1.37 bits per heavy atom. The Labute approximate surface area is 121 Å². The van der Waals surface area contributed by atoms with E-state index in [2.05, 4.69) is 15.9 Å². The minimum atomic E-state index is 0.195. The zero-order valence-electron chi connectivity index (χ0n) is 10.9. The van der Waals surface area contributed by atoms with E-state index in [1.165, 1.54) is 12.8 Å². The minimum Gasteiger partial charge on any atom is -0.489 e. The SMILES string of the molecule is CC(CC=O)c1cc(Br)c2c(c1)OCC1(CC1)CO2. The first kappa shape index (κ1) is 13.0. The van der Waals surface area contributed by atoms with Crippen molar-refractivity contribution in [2.75, 3.05) is 13.2 Å².